The summed E-state index contributed by atoms with van der Waals surface area (Å²) < 4.78 is 6.38. The second kappa shape index (κ2) is 3.35. The average Bonchev–Trinajstić information content (AvgIpc) is 2.46. The van der Waals surface area contributed by atoms with Crippen LogP contribution < -0.4 is 5.56 Å². The van der Waals surface area contributed by atoms with E-state index in [0.29, 0.717) is 16.5 Å². The van der Waals surface area contributed by atoms with Crippen LogP contribution in [0.1, 0.15) is 5.76 Å². The summed E-state index contributed by atoms with van der Waals surface area (Å²) in [7, 11) is 0. The van der Waals surface area contributed by atoms with E-state index in [9.17, 15) is 4.79 Å². The molecule has 2 aromatic rings. The number of para-hydroxylation sites is 1. The van der Waals surface area contributed by atoms with Gasteiger partial charge in [-0.2, -0.15) is 0 Å². The third-order valence-corrected chi connectivity index (χ3v) is 2.15. The zero-order valence-corrected chi connectivity index (χ0v) is 8.28. The normalized spacial score (nSPS) is 10.4. The van der Waals surface area contributed by atoms with Gasteiger partial charge in [-0.15, -0.1) is 4.74 Å². The molecule has 0 N–H and O–H groups in total. The van der Waals surface area contributed by atoms with Gasteiger partial charge in [0.05, 0.1) is 5.02 Å². The molecule has 0 aliphatic rings. The van der Waals surface area contributed by atoms with Crippen LogP contribution in [0.5, 0.6) is 0 Å². The van der Waals surface area contributed by atoms with Crippen LogP contribution in [0, 0.1) is 6.92 Å². The fourth-order valence-corrected chi connectivity index (χ4v) is 1.44. The van der Waals surface area contributed by atoms with Gasteiger partial charge in [-0.3, -0.25) is 4.79 Å². The fraction of sp³-hybridized carbons (Fsp3) is 0.100. The number of hydrogen-bond donors (Lipinski definition) is 0. The van der Waals surface area contributed by atoms with Crippen LogP contribution in [-0.4, -0.2) is 4.74 Å². The Morgan fingerprint density at radius 1 is 1.36 bits per heavy atom. The second-order valence-corrected chi connectivity index (χ2v) is 3.34. The molecule has 0 unspecified atom stereocenters. The lowest BCUT2D eigenvalue weighted by Crippen LogP contribution is -2.10. The van der Waals surface area contributed by atoms with E-state index in [2.05, 4.69) is 0 Å². The Kier molecular flexibility index (Phi) is 2.17. The molecule has 0 fully saturated rings. The van der Waals surface area contributed by atoms with E-state index in [-0.39, 0.29) is 5.56 Å². The van der Waals surface area contributed by atoms with Gasteiger partial charge >= 0.3 is 0 Å². The first-order valence-corrected chi connectivity index (χ1v) is 4.51. The Bertz CT molecular complexity index is 513. The molecular weight excluding hydrogens is 202 g/mol. The molecular formula is C10H8ClNO2. The molecule has 1 aromatic carbocycles. The number of rotatable bonds is 1. The molecule has 0 aliphatic carbocycles. The molecule has 0 spiro atoms. The Hall–Kier alpha value is -1.48. The maximum absolute atomic E-state index is 11.4. The lowest BCUT2D eigenvalue weighted by atomic mass is 10.3. The van der Waals surface area contributed by atoms with Crippen molar-refractivity contribution in [2.45, 2.75) is 6.92 Å². The monoisotopic (exact) mass is 209 g/mol. The predicted molar refractivity (Wildman–Crippen MR) is 54.1 cm³/mol. The molecule has 0 bridgehead atoms. The van der Waals surface area contributed by atoms with Crippen LogP contribution in [0.15, 0.2) is 39.6 Å². The van der Waals surface area contributed by atoms with Crippen molar-refractivity contribution in [1.29, 1.82) is 0 Å². The summed E-state index contributed by atoms with van der Waals surface area (Å²) in [6.07, 6.45) is 0. The topological polar surface area (TPSA) is 35.1 Å². The molecule has 2 rings (SSSR count). The van der Waals surface area contributed by atoms with Crippen molar-refractivity contribution in [3.8, 4) is 5.69 Å². The summed E-state index contributed by atoms with van der Waals surface area (Å²) in [6, 6.07) is 8.45. The van der Waals surface area contributed by atoms with Crippen LogP contribution in [-0.2, 0) is 0 Å². The van der Waals surface area contributed by atoms with Gasteiger partial charge in [0, 0.05) is 6.07 Å². The zero-order valence-electron chi connectivity index (χ0n) is 7.53. The highest BCUT2D eigenvalue weighted by atomic mass is 35.5. The highest BCUT2D eigenvalue weighted by Crippen LogP contribution is 2.18. The third kappa shape index (κ3) is 1.46. The van der Waals surface area contributed by atoms with E-state index in [1.165, 1.54) is 10.8 Å². The van der Waals surface area contributed by atoms with Gasteiger partial charge < -0.3 is 4.52 Å². The first-order chi connectivity index (χ1) is 6.68. The largest absolute Gasteiger partial charge is 0.376 e. The molecule has 0 aliphatic heterocycles. The Morgan fingerprint density at radius 3 is 2.64 bits per heavy atom. The maximum Gasteiger partial charge on any atom is 0.287 e. The van der Waals surface area contributed by atoms with Crippen LogP contribution in [0.2, 0.25) is 5.02 Å². The van der Waals surface area contributed by atoms with Crippen LogP contribution >= 0.6 is 11.6 Å². The first kappa shape index (κ1) is 9.09. The van der Waals surface area contributed by atoms with Crippen molar-refractivity contribution >= 4 is 11.6 Å². The molecule has 1 aromatic heterocycles. The smallest absolute Gasteiger partial charge is 0.287 e. The van der Waals surface area contributed by atoms with Gasteiger partial charge in [0.2, 0.25) is 0 Å². The fourth-order valence-electron chi connectivity index (χ4n) is 1.23. The third-order valence-electron chi connectivity index (χ3n) is 1.83. The quantitative estimate of drug-likeness (QED) is 0.723. The standard InChI is InChI=1S/C10H8ClNO2/c1-7-6-10(13)12(14-7)9-5-3-2-4-8(9)11/h2-6H,1H3. The maximum atomic E-state index is 11.4. The van der Waals surface area contributed by atoms with Crippen LogP contribution in [0.25, 0.3) is 5.69 Å². The summed E-state index contributed by atoms with van der Waals surface area (Å²) in [4.78, 5) is 11.4. The molecule has 72 valence electrons. The van der Waals surface area contributed by atoms with Gasteiger partial charge in [0.15, 0.2) is 0 Å². The lowest BCUT2D eigenvalue weighted by Gasteiger charge is -2.01. The van der Waals surface area contributed by atoms with Crippen LogP contribution in [0.4, 0.5) is 0 Å². The van der Waals surface area contributed by atoms with Gasteiger partial charge in [0.1, 0.15) is 11.4 Å². The van der Waals surface area contributed by atoms with Crippen molar-refractivity contribution in [2.75, 3.05) is 0 Å². The van der Waals surface area contributed by atoms with E-state index < -0.39 is 0 Å². The number of halogens is 1. The van der Waals surface area contributed by atoms with E-state index in [4.69, 9.17) is 16.1 Å². The van der Waals surface area contributed by atoms with Gasteiger partial charge in [-0.25, -0.2) is 0 Å². The molecule has 14 heavy (non-hydrogen) atoms. The summed E-state index contributed by atoms with van der Waals surface area (Å²) in [5, 5.41) is 0.490. The summed E-state index contributed by atoms with van der Waals surface area (Å²) in [5.41, 5.74) is 0.350. The highest BCUT2D eigenvalue weighted by Gasteiger charge is 2.07. The van der Waals surface area contributed by atoms with Crippen molar-refractivity contribution in [2.24, 2.45) is 0 Å². The SMILES string of the molecule is Cc1cc(=O)n(-c2ccccc2Cl)o1. The number of hydrogen-bond acceptors (Lipinski definition) is 2. The minimum absolute atomic E-state index is 0.212. The molecule has 1 heterocycles. The molecule has 3 nitrogen and oxygen atoms in total. The molecule has 4 heteroatoms. The number of aromatic nitrogens is 1. The number of aryl methyl sites for hydroxylation is 1. The minimum atomic E-state index is -0.212. The average molecular weight is 210 g/mol. The summed E-state index contributed by atoms with van der Waals surface area (Å²) >= 11 is 5.92. The van der Waals surface area contributed by atoms with E-state index in [0.717, 1.165) is 0 Å². The Balaban J connectivity index is 2.66. The van der Waals surface area contributed by atoms with Crippen molar-refractivity contribution in [3.63, 3.8) is 0 Å². The number of benzene rings is 1. The van der Waals surface area contributed by atoms with Gasteiger partial charge in [-0.1, -0.05) is 23.7 Å². The van der Waals surface area contributed by atoms with Crippen molar-refractivity contribution < 1.29 is 4.52 Å². The van der Waals surface area contributed by atoms with E-state index in [1.807, 2.05) is 0 Å². The summed E-state index contributed by atoms with van der Waals surface area (Å²) in [5.74, 6) is 0.565. The molecule has 0 saturated carbocycles. The Morgan fingerprint density at radius 2 is 2.07 bits per heavy atom. The molecule has 0 saturated heterocycles. The highest BCUT2D eigenvalue weighted by molar-refractivity contribution is 6.32. The molecule has 0 amide bonds. The summed E-state index contributed by atoms with van der Waals surface area (Å²) in [6.45, 7) is 1.72. The minimum Gasteiger partial charge on any atom is -0.376 e. The first-order valence-electron chi connectivity index (χ1n) is 4.13. The zero-order chi connectivity index (χ0) is 10.1. The van der Waals surface area contributed by atoms with E-state index >= 15 is 0 Å². The lowest BCUT2D eigenvalue weighted by molar-refractivity contribution is 0.322. The second-order valence-electron chi connectivity index (χ2n) is 2.93. The number of nitrogens with zero attached hydrogens (tertiary/aromatic N) is 1. The van der Waals surface area contributed by atoms with Gasteiger partial charge in [-0.05, 0) is 19.1 Å². The van der Waals surface area contributed by atoms with Crippen molar-refractivity contribution in [3.05, 3.63) is 51.5 Å². The van der Waals surface area contributed by atoms with E-state index in [1.54, 1.807) is 31.2 Å². The Labute approximate surface area is 85.5 Å². The molecule has 0 atom stereocenters. The predicted octanol–water partition coefficient (Wildman–Crippen LogP) is 2.39. The van der Waals surface area contributed by atoms with Gasteiger partial charge in [0.25, 0.3) is 5.56 Å². The van der Waals surface area contributed by atoms with Crippen LogP contribution in [0.3, 0.4) is 0 Å². The van der Waals surface area contributed by atoms with Crippen molar-refractivity contribution in [1.82, 2.24) is 4.74 Å². The molecule has 0 radical (unpaired) electrons.